The molecule has 0 saturated carbocycles. The summed E-state index contributed by atoms with van der Waals surface area (Å²) in [7, 11) is 1.57. The molecule has 0 aliphatic carbocycles. The minimum absolute atomic E-state index is 0.190. The summed E-state index contributed by atoms with van der Waals surface area (Å²) in [6.07, 6.45) is 1.78. The maximum absolute atomic E-state index is 13.9. The molecule has 0 fully saturated rings. The van der Waals surface area contributed by atoms with Crippen LogP contribution in [0.1, 0.15) is 36.6 Å². The Morgan fingerprint density at radius 1 is 1.14 bits per heavy atom. The van der Waals surface area contributed by atoms with Crippen LogP contribution in [0.2, 0.25) is 10.0 Å². The first-order valence-corrected chi connectivity index (χ1v) is 15.6. The van der Waals surface area contributed by atoms with Crippen molar-refractivity contribution in [1.29, 1.82) is 0 Å². The monoisotopic (exact) mass is 734 g/mol. The van der Waals surface area contributed by atoms with Crippen LogP contribution in [-0.4, -0.2) is 24.3 Å². The lowest BCUT2D eigenvalue weighted by molar-refractivity contribution is -0.139. The molecule has 1 atom stereocenters. The predicted octanol–water partition coefficient (Wildman–Crippen LogP) is 6.30. The first-order chi connectivity index (χ1) is 20.2. The smallest absolute Gasteiger partial charge is 0.338 e. The van der Waals surface area contributed by atoms with E-state index in [0.29, 0.717) is 48.7 Å². The standard InChI is InChI=1S/C31H25Cl2IN2O5S/c1-4-40-30(38)26-17(2)35-31-36(27(26)21-7-5-6-8-22(21)33)29(37)25(42-31)15-19-13-23(34)28(24(14-19)39-3)41-16-18-9-11-20(32)12-10-18/h5-15,27H,4,16H2,1-3H3/b25-15-/t27-/m1/s1. The maximum Gasteiger partial charge on any atom is 0.338 e. The number of fused-ring (bicyclic) bond motifs is 1. The lowest BCUT2D eigenvalue weighted by Crippen LogP contribution is -2.40. The number of rotatable bonds is 8. The average molecular weight is 735 g/mol. The van der Waals surface area contributed by atoms with Crippen LogP contribution < -0.4 is 24.4 Å². The van der Waals surface area contributed by atoms with Gasteiger partial charge in [-0.25, -0.2) is 9.79 Å². The van der Waals surface area contributed by atoms with Crippen molar-refractivity contribution in [3.8, 4) is 11.5 Å². The van der Waals surface area contributed by atoms with Gasteiger partial charge >= 0.3 is 5.97 Å². The Morgan fingerprint density at radius 2 is 1.88 bits per heavy atom. The zero-order valence-electron chi connectivity index (χ0n) is 22.8. The molecule has 1 aromatic heterocycles. The van der Waals surface area contributed by atoms with Crippen molar-refractivity contribution in [2.45, 2.75) is 26.5 Å². The second kappa shape index (κ2) is 13.0. The van der Waals surface area contributed by atoms with Gasteiger partial charge in [0.2, 0.25) is 0 Å². The van der Waals surface area contributed by atoms with Crippen LogP contribution >= 0.6 is 57.1 Å². The molecule has 1 aliphatic heterocycles. The Labute approximate surface area is 269 Å². The quantitative estimate of drug-likeness (QED) is 0.157. The van der Waals surface area contributed by atoms with E-state index in [1.165, 1.54) is 15.9 Å². The molecule has 0 radical (unpaired) electrons. The lowest BCUT2D eigenvalue weighted by Gasteiger charge is -2.25. The third kappa shape index (κ3) is 6.15. The largest absolute Gasteiger partial charge is 0.493 e. The highest BCUT2D eigenvalue weighted by Crippen LogP contribution is 2.36. The van der Waals surface area contributed by atoms with E-state index in [0.717, 1.165) is 14.7 Å². The summed E-state index contributed by atoms with van der Waals surface area (Å²) in [5.74, 6) is 0.593. The number of hydrogen-bond donors (Lipinski definition) is 0. The van der Waals surface area contributed by atoms with E-state index in [4.69, 9.17) is 37.4 Å². The summed E-state index contributed by atoms with van der Waals surface area (Å²) in [6.45, 7) is 4.00. The zero-order valence-corrected chi connectivity index (χ0v) is 27.3. The minimum Gasteiger partial charge on any atom is -0.493 e. The van der Waals surface area contributed by atoms with Crippen LogP contribution in [0.4, 0.5) is 0 Å². The summed E-state index contributed by atoms with van der Waals surface area (Å²) in [6, 6.07) is 17.5. The summed E-state index contributed by atoms with van der Waals surface area (Å²) in [4.78, 5) is 32.1. The Balaban J connectivity index is 1.58. The Hall–Kier alpha value is -3.12. The van der Waals surface area contributed by atoms with Gasteiger partial charge in [-0.2, -0.15) is 0 Å². The number of carbonyl (C=O) groups is 1. The molecule has 2 heterocycles. The van der Waals surface area contributed by atoms with E-state index in [1.54, 1.807) is 45.2 Å². The van der Waals surface area contributed by atoms with Crippen LogP contribution in [0.15, 0.2) is 81.7 Å². The first-order valence-electron chi connectivity index (χ1n) is 12.9. The molecule has 216 valence electrons. The van der Waals surface area contributed by atoms with Crippen LogP contribution in [0.25, 0.3) is 6.08 Å². The molecule has 5 rings (SSSR count). The topological polar surface area (TPSA) is 79.1 Å². The van der Waals surface area contributed by atoms with Crippen LogP contribution in [0.3, 0.4) is 0 Å². The number of methoxy groups -OCH3 is 1. The number of hydrogen-bond acceptors (Lipinski definition) is 7. The van der Waals surface area contributed by atoms with E-state index in [1.807, 2.05) is 42.5 Å². The second-order valence-electron chi connectivity index (χ2n) is 9.27. The molecular weight excluding hydrogens is 710 g/mol. The molecule has 3 aromatic carbocycles. The molecule has 0 saturated heterocycles. The van der Waals surface area contributed by atoms with Crippen molar-refractivity contribution >= 4 is 69.2 Å². The molecule has 4 aromatic rings. The van der Waals surface area contributed by atoms with Gasteiger partial charge in [0.15, 0.2) is 16.3 Å². The van der Waals surface area contributed by atoms with Crippen LogP contribution in [0.5, 0.6) is 11.5 Å². The third-order valence-electron chi connectivity index (χ3n) is 6.56. The molecule has 0 amide bonds. The molecule has 0 spiro atoms. The Kier molecular flexibility index (Phi) is 9.41. The van der Waals surface area contributed by atoms with Gasteiger partial charge in [0.25, 0.3) is 5.56 Å². The normalized spacial score (nSPS) is 14.8. The van der Waals surface area contributed by atoms with E-state index in [9.17, 15) is 9.59 Å². The van der Waals surface area contributed by atoms with Gasteiger partial charge in [-0.1, -0.05) is 64.9 Å². The average Bonchev–Trinajstić information content (AvgIpc) is 3.26. The predicted molar refractivity (Wildman–Crippen MR) is 173 cm³/mol. The molecule has 42 heavy (non-hydrogen) atoms. The van der Waals surface area contributed by atoms with Crippen molar-refractivity contribution in [2.75, 3.05) is 13.7 Å². The summed E-state index contributed by atoms with van der Waals surface area (Å²) < 4.78 is 19.9. The molecule has 11 heteroatoms. The van der Waals surface area contributed by atoms with Crippen molar-refractivity contribution in [2.24, 2.45) is 4.99 Å². The number of halogens is 3. The highest BCUT2D eigenvalue weighted by atomic mass is 127. The molecule has 0 N–H and O–H groups in total. The Bertz CT molecular complexity index is 1880. The van der Waals surface area contributed by atoms with Crippen LogP contribution in [0, 0.1) is 3.57 Å². The highest BCUT2D eigenvalue weighted by molar-refractivity contribution is 14.1. The van der Waals surface area contributed by atoms with Crippen LogP contribution in [-0.2, 0) is 16.1 Å². The number of allylic oxidation sites excluding steroid dienone is 1. The van der Waals surface area contributed by atoms with Crippen molar-refractivity contribution in [3.05, 3.63) is 122 Å². The minimum atomic E-state index is -0.783. The van der Waals surface area contributed by atoms with Gasteiger partial charge in [0.05, 0.1) is 33.1 Å². The zero-order chi connectivity index (χ0) is 30.0. The van der Waals surface area contributed by atoms with E-state index in [-0.39, 0.29) is 17.7 Å². The number of aromatic nitrogens is 1. The molecule has 7 nitrogen and oxygen atoms in total. The van der Waals surface area contributed by atoms with Gasteiger partial charge < -0.3 is 14.2 Å². The third-order valence-corrected chi connectivity index (χ3v) is 8.94. The number of ether oxygens (including phenoxy) is 3. The number of thiazole rings is 1. The lowest BCUT2D eigenvalue weighted by atomic mass is 9.96. The summed E-state index contributed by atoms with van der Waals surface area (Å²) in [5.41, 5.74) is 2.79. The molecule has 0 bridgehead atoms. The number of nitrogens with zero attached hydrogens (tertiary/aromatic N) is 2. The SMILES string of the molecule is CCOC(=O)C1=C(C)N=c2s/c(=C\c3cc(I)c(OCc4ccc(Cl)cc4)c(OC)c3)c(=O)n2[C@@H]1c1ccccc1Cl. The van der Waals surface area contributed by atoms with E-state index in [2.05, 4.69) is 27.6 Å². The summed E-state index contributed by atoms with van der Waals surface area (Å²) >= 11 is 16.0. The number of esters is 1. The maximum atomic E-state index is 13.9. The number of benzene rings is 3. The van der Waals surface area contributed by atoms with Gasteiger partial charge in [0.1, 0.15) is 12.6 Å². The fourth-order valence-electron chi connectivity index (χ4n) is 4.63. The number of carbonyl (C=O) groups excluding carboxylic acids is 1. The van der Waals surface area contributed by atoms with Crippen molar-refractivity contribution in [3.63, 3.8) is 0 Å². The van der Waals surface area contributed by atoms with Crippen molar-refractivity contribution in [1.82, 2.24) is 4.57 Å². The Morgan fingerprint density at radius 3 is 2.57 bits per heavy atom. The van der Waals surface area contributed by atoms with Gasteiger partial charge in [0, 0.05) is 10.0 Å². The molecular formula is C31H25Cl2IN2O5S. The second-order valence-corrected chi connectivity index (χ2v) is 12.3. The fourth-order valence-corrected chi connectivity index (χ4v) is 6.83. The van der Waals surface area contributed by atoms with E-state index < -0.39 is 12.0 Å². The van der Waals surface area contributed by atoms with E-state index >= 15 is 0 Å². The fraction of sp³-hybridized carbons (Fsp3) is 0.194. The first kappa shape index (κ1) is 30.3. The highest BCUT2D eigenvalue weighted by Gasteiger charge is 2.34. The molecule has 0 unspecified atom stereocenters. The van der Waals surface area contributed by atoms with Gasteiger partial charge in [-0.15, -0.1) is 0 Å². The van der Waals surface area contributed by atoms with Crippen molar-refractivity contribution < 1.29 is 19.0 Å². The van der Waals surface area contributed by atoms with Gasteiger partial charge in [-0.3, -0.25) is 9.36 Å². The summed E-state index contributed by atoms with van der Waals surface area (Å²) in [5, 5.41) is 1.09. The van der Waals surface area contributed by atoms with Gasteiger partial charge in [-0.05, 0) is 89.5 Å². The molecule has 1 aliphatic rings.